The minimum Gasteiger partial charge on any atom is -0.511 e. The SMILES string of the molecule is CS(=O)(=O)Nc1ccc2c(c1)S(=O)(=O)N=C(C1=C(O)CC(c3ccccc3)N(Cc3ccc(F)cc3)C1=O)N2. The molecule has 0 saturated heterocycles. The summed E-state index contributed by atoms with van der Waals surface area (Å²) >= 11 is 0. The largest absolute Gasteiger partial charge is 0.511 e. The van der Waals surface area contributed by atoms with Gasteiger partial charge in [-0.05, 0) is 41.5 Å². The third kappa shape index (κ3) is 5.49. The molecule has 3 N–H and O–H groups in total. The van der Waals surface area contributed by atoms with Crippen molar-refractivity contribution >= 4 is 43.2 Å². The van der Waals surface area contributed by atoms with E-state index in [-0.39, 0.29) is 46.4 Å². The van der Waals surface area contributed by atoms with E-state index in [0.29, 0.717) is 5.56 Å². The summed E-state index contributed by atoms with van der Waals surface area (Å²) in [6.07, 6.45) is 0.914. The average molecular weight is 571 g/mol. The number of nitrogens with one attached hydrogen (secondary N) is 2. The van der Waals surface area contributed by atoms with Crippen LogP contribution in [0.2, 0.25) is 0 Å². The first-order valence-electron chi connectivity index (χ1n) is 11.7. The summed E-state index contributed by atoms with van der Waals surface area (Å²) in [4.78, 5) is 15.0. The molecule has 5 rings (SSSR count). The number of aliphatic hydroxyl groups excluding tert-OH is 1. The van der Waals surface area contributed by atoms with Gasteiger partial charge in [-0.25, -0.2) is 12.8 Å². The monoisotopic (exact) mass is 570 g/mol. The molecule has 2 aliphatic rings. The van der Waals surface area contributed by atoms with Crippen LogP contribution in [-0.2, 0) is 31.4 Å². The summed E-state index contributed by atoms with van der Waals surface area (Å²) in [5, 5.41) is 13.8. The summed E-state index contributed by atoms with van der Waals surface area (Å²) in [6.45, 7) is 0.0621. The molecule has 1 unspecified atom stereocenters. The number of aliphatic hydroxyl groups is 1. The number of nitrogens with zero attached hydrogens (tertiary/aromatic N) is 2. The summed E-state index contributed by atoms with van der Waals surface area (Å²) in [5.74, 6) is -1.80. The van der Waals surface area contributed by atoms with E-state index in [1.807, 2.05) is 18.2 Å². The molecule has 0 radical (unpaired) electrons. The number of carbonyl (C=O) groups is 1. The maximum Gasteiger partial charge on any atom is 0.286 e. The lowest BCUT2D eigenvalue weighted by Crippen LogP contribution is -2.43. The van der Waals surface area contributed by atoms with Gasteiger partial charge in [-0.2, -0.15) is 8.42 Å². The number of fused-ring (bicyclic) bond motifs is 1. The highest BCUT2D eigenvalue weighted by Gasteiger charge is 2.40. The Bertz CT molecular complexity index is 1740. The molecule has 1 amide bonds. The van der Waals surface area contributed by atoms with Gasteiger partial charge in [0.05, 0.1) is 18.0 Å². The smallest absolute Gasteiger partial charge is 0.286 e. The zero-order chi connectivity index (χ0) is 27.9. The fraction of sp³-hybridized carbons (Fsp3) is 0.154. The molecule has 13 heteroatoms. The van der Waals surface area contributed by atoms with Crippen molar-refractivity contribution in [3.05, 3.63) is 101 Å². The maximum absolute atomic E-state index is 13.9. The van der Waals surface area contributed by atoms with Gasteiger partial charge in [0.15, 0.2) is 5.84 Å². The maximum atomic E-state index is 13.9. The number of anilines is 2. The van der Waals surface area contributed by atoms with E-state index in [1.54, 1.807) is 24.3 Å². The number of carbonyl (C=O) groups excluding carboxylic acids is 1. The van der Waals surface area contributed by atoms with Gasteiger partial charge in [0.2, 0.25) is 10.0 Å². The van der Waals surface area contributed by atoms with Gasteiger partial charge in [-0.15, -0.1) is 4.40 Å². The van der Waals surface area contributed by atoms with Crippen LogP contribution in [-0.4, -0.2) is 44.8 Å². The predicted octanol–water partition coefficient (Wildman–Crippen LogP) is 3.70. The highest BCUT2D eigenvalue weighted by molar-refractivity contribution is 7.92. The van der Waals surface area contributed by atoms with Gasteiger partial charge in [0.25, 0.3) is 15.9 Å². The first-order chi connectivity index (χ1) is 18.4. The molecule has 39 heavy (non-hydrogen) atoms. The zero-order valence-corrected chi connectivity index (χ0v) is 22.1. The van der Waals surface area contributed by atoms with E-state index in [2.05, 4.69) is 14.4 Å². The van der Waals surface area contributed by atoms with Crippen LogP contribution in [0.3, 0.4) is 0 Å². The molecule has 0 saturated carbocycles. The molecule has 202 valence electrons. The van der Waals surface area contributed by atoms with Crippen LogP contribution in [0.25, 0.3) is 0 Å². The van der Waals surface area contributed by atoms with Crippen LogP contribution in [0, 0.1) is 5.82 Å². The number of amidine groups is 1. The first kappa shape index (κ1) is 26.4. The van der Waals surface area contributed by atoms with Gasteiger partial charge in [0, 0.05) is 18.7 Å². The summed E-state index contributed by atoms with van der Waals surface area (Å²) < 4.78 is 68.8. The van der Waals surface area contributed by atoms with Crippen LogP contribution in [0.5, 0.6) is 0 Å². The number of sulfonamides is 2. The predicted molar refractivity (Wildman–Crippen MR) is 144 cm³/mol. The Balaban J connectivity index is 1.55. The van der Waals surface area contributed by atoms with Crippen LogP contribution in [0.4, 0.5) is 15.8 Å². The standard InChI is InChI=1S/C26H23FN4O6S2/c1-38(34,35)29-19-11-12-20-23(13-19)39(36,37)30-25(28-20)24-22(32)14-21(17-5-3-2-4-6-17)31(26(24)33)15-16-7-9-18(27)10-8-16/h2-13,21,29,32H,14-15H2,1H3,(H,28,30). The van der Waals surface area contributed by atoms with Crippen LogP contribution in [0.15, 0.2) is 93.4 Å². The van der Waals surface area contributed by atoms with Gasteiger partial charge in [-0.1, -0.05) is 42.5 Å². The van der Waals surface area contributed by atoms with E-state index in [1.165, 1.54) is 29.2 Å². The van der Waals surface area contributed by atoms with E-state index in [9.17, 15) is 31.1 Å². The van der Waals surface area contributed by atoms with E-state index in [0.717, 1.165) is 17.9 Å². The second-order valence-corrected chi connectivity index (χ2v) is 12.5. The lowest BCUT2D eigenvalue weighted by molar-refractivity contribution is -0.131. The molecule has 3 aromatic carbocycles. The molecule has 10 nitrogen and oxygen atoms in total. The molecule has 2 heterocycles. The Morgan fingerprint density at radius 1 is 1.10 bits per heavy atom. The quantitative estimate of drug-likeness (QED) is 0.410. The molecule has 0 aliphatic carbocycles. The molecular weight excluding hydrogens is 547 g/mol. The normalized spacial score (nSPS) is 18.7. The van der Waals surface area contributed by atoms with E-state index < -0.39 is 37.8 Å². The topological polar surface area (TPSA) is 145 Å². The first-order valence-corrected chi connectivity index (χ1v) is 15.0. The fourth-order valence-electron chi connectivity index (χ4n) is 4.53. The summed E-state index contributed by atoms with van der Waals surface area (Å²) in [5.41, 5.74) is 1.15. The van der Waals surface area contributed by atoms with Crippen molar-refractivity contribution in [1.29, 1.82) is 0 Å². The number of hydrogen-bond acceptors (Lipinski definition) is 7. The zero-order valence-electron chi connectivity index (χ0n) is 20.5. The summed E-state index contributed by atoms with van der Waals surface area (Å²) in [7, 11) is -8.04. The Kier molecular flexibility index (Phi) is 6.64. The number of halogens is 1. The van der Waals surface area contributed by atoms with E-state index >= 15 is 0 Å². The van der Waals surface area contributed by atoms with Gasteiger partial charge in [0.1, 0.15) is 22.0 Å². The van der Waals surface area contributed by atoms with Crippen LogP contribution in [0.1, 0.15) is 23.6 Å². The van der Waals surface area contributed by atoms with Crippen molar-refractivity contribution in [2.45, 2.75) is 23.9 Å². The second kappa shape index (κ2) is 9.82. The van der Waals surface area contributed by atoms with Gasteiger partial charge >= 0.3 is 0 Å². The van der Waals surface area contributed by atoms with Crippen LogP contribution < -0.4 is 10.0 Å². The molecule has 0 aromatic heterocycles. The van der Waals surface area contributed by atoms with Crippen LogP contribution >= 0.6 is 0 Å². The minimum absolute atomic E-state index is 0.0168. The molecule has 0 spiro atoms. The van der Waals surface area contributed by atoms with Crippen molar-refractivity contribution in [3.63, 3.8) is 0 Å². The minimum atomic E-state index is -4.38. The Morgan fingerprint density at radius 2 is 1.79 bits per heavy atom. The average Bonchev–Trinajstić information content (AvgIpc) is 2.86. The Labute approximate surface area is 224 Å². The summed E-state index contributed by atoms with van der Waals surface area (Å²) in [6, 6.07) is 17.9. The lowest BCUT2D eigenvalue weighted by Gasteiger charge is -2.37. The van der Waals surface area contributed by atoms with Crippen molar-refractivity contribution < 1.29 is 31.1 Å². The van der Waals surface area contributed by atoms with Gasteiger partial charge < -0.3 is 15.3 Å². The van der Waals surface area contributed by atoms with Gasteiger partial charge in [-0.3, -0.25) is 9.52 Å². The molecular formula is C26H23FN4O6S2. The fourth-order valence-corrected chi connectivity index (χ4v) is 6.23. The van der Waals surface area contributed by atoms with Crippen molar-refractivity contribution in [3.8, 4) is 0 Å². The Morgan fingerprint density at radius 3 is 2.46 bits per heavy atom. The van der Waals surface area contributed by atoms with Crippen molar-refractivity contribution in [2.24, 2.45) is 4.40 Å². The molecule has 0 bridgehead atoms. The number of hydrogen-bond donors (Lipinski definition) is 3. The number of rotatable bonds is 6. The Hall–Kier alpha value is -4.23. The lowest BCUT2D eigenvalue weighted by atomic mass is 9.92. The van der Waals surface area contributed by atoms with Crippen molar-refractivity contribution in [2.75, 3.05) is 16.3 Å². The number of amides is 1. The third-order valence-corrected chi connectivity index (χ3v) is 8.16. The highest BCUT2D eigenvalue weighted by atomic mass is 32.2. The molecule has 0 fully saturated rings. The number of benzene rings is 3. The molecule has 1 atom stereocenters. The highest BCUT2D eigenvalue weighted by Crippen LogP contribution is 2.38. The van der Waals surface area contributed by atoms with Crippen molar-refractivity contribution in [1.82, 2.24) is 4.90 Å². The van der Waals surface area contributed by atoms with E-state index in [4.69, 9.17) is 0 Å². The second-order valence-electron chi connectivity index (χ2n) is 9.14. The molecule has 2 aliphatic heterocycles. The molecule has 3 aromatic rings. The third-order valence-electron chi connectivity index (χ3n) is 6.24.